The predicted molar refractivity (Wildman–Crippen MR) is 66.4 cm³/mol. The van der Waals surface area contributed by atoms with Crippen molar-refractivity contribution in [2.45, 2.75) is 6.54 Å². The van der Waals surface area contributed by atoms with Crippen LogP contribution in [0.15, 0.2) is 35.5 Å². The maximum Gasteiger partial charge on any atom is 0.328 e. The van der Waals surface area contributed by atoms with Gasteiger partial charge in [-0.15, -0.1) is 0 Å². The zero-order valence-electron chi connectivity index (χ0n) is 10.2. The highest BCUT2D eigenvalue weighted by atomic mass is 16.5. The highest BCUT2D eigenvalue weighted by molar-refractivity contribution is 5.94. The summed E-state index contributed by atoms with van der Waals surface area (Å²) in [6.45, 7) is 0.129. The maximum absolute atomic E-state index is 11.9. The number of carbonyl (C=O) groups excluding carboxylic acids is 1. The van der Waals surface area contributed by atoms with Crippen molar-refractivity contribution in [3.8, 4) is 0 Å². The Morgan fingerprint density at radius 3 is 2.95 bits per heavy atom. The van der Waals surface area contributed by atoms with Crippen molar-refractivity contribution >= 4 is 18.0 Å². The first-order valence-corrected chi connectivity index (χ1v) is 5.54. The summed E-state index contributed by atoms with van der Waals surface area (Å²) in [5.41, 5.74) is 0.820. The van der Waals surface area contributed by atoms with Crippen LogP contribution >= 0.6 is 0 Å². The van der Waals surface area contributed by atoms with Crippen molar-refractivity contribution in [2.75, 3.05) is 0 Å². The van der Waals surface area contributed by atoms with Crippen molar-refractivity contribution in [1.82, 2.24) is 20.4 Å². The van der Waals surface area contributed by atoms with Crippen LogP contribution in [0.25, 0.3) is 6.08 Å². The molecule has 0 aliphatic rings. The Balaban J connectivity index is 2.02. The SMILES string of the molecule is O=C(O)/C=C/c1cncc(C(=O)NCc2ncon2)c1. The fraction of sp³-hybridized carbons (Fsp3) is 0.0833. The average molecular weight is 274 g/mol. The summed E-state index contributed by atoms with van der Waals surface area (Å²) in [6, 6.07) is 1.53. The zero-order chi connectivity index (χ0) is 14.4. The number of carbonyl (C=O) groups is 2. The van der Waals surface area contributed by atoms with Gasteiger partial charge in [-0.3, -0.25) is 9.78 Å². The van der Waals surface area contributed by atoms with Crippen molar-refractivity contribution < 1.29 is 19.2 Å². The lowest BCUT2D eigenvalue weighted by Crippen LogP contribution is -2.23. The summed E-state index contributed by atoms with van der Waals surface area (Å²) in [5.74, 6) is -1.09. The summed E-state index contributed by atoms with van der Waals surface area (Å²) in [4.78, 5) is 29.9. The van der Waals surface area contributed by atoms with Crippen molar-refractivity contribution in [3.63, 3.8) is 0 Å². The molecule has 0 radical (unpaired) electrons. The molecule has 0 aliphatic heterocycles. The van der Waals surface area contributed by atoms with E-state index in [9.17, 15) is 9.59 Å². The van der Waals surface area contributed by atoms with Crippen LogP contribution in [0.3, 0.4) is 0 Å². The molecule has 0 bridgehead atoms. The van der Waals surface area contributed by atoms with E-state index in [1.807, 2.05) is 0 Å². The molecular weight excluding hydrogens is 264 g/mol. The third-order valence-corrected chi connectivity index (χ3v) is 2.25. The number of nitrogens with one attached hydrogen (secondary N) is 1. The summed E-state index contributed by atoms with van der Waals surface area (Å²) < 4.78 is 4.54. The lowest BCUT2D eigenvalue weighted by Gasteiger charge is -2.02. The Hall–Kier alpha value is -3.03. The van der Waals surface area contributed by atoms with Crippen LogP contribution < -0.4 is 5.32 Å². The van der Waals surface area contributed by atoms with E-state index in [0.717, 1.165) is 6.08 Å². The minimum absolute atomic E-state index is 0.129. The lowest BCUT2D eigenvalue weighted by atomic mass is 10.2. The van der Waals surface area contributed by atoms with Gasteiger partial charge in [0.25, 0.3) is 5.91 Å². The number of nitrogens with zero attached hydrogens (tertiary/aromatic N) is 3. The van der Waals surface area contributed by atoms with Gasteiger partial charge >= 0.3 is 5.97 Å². The average Bonchev–Trinajstić information content (AvgIpc) is 2.96. The molecule has 2 heterocycles. The normalized spacial score (nSPS) is 10.6. The smallest absolute Gasteiger partial charge is 0.328 e. The Kier molecular flexibility index (Phi) is 4.17. The molecule has 0 unspecified atom stereocenters. The summed E-state index contributed by atoms with van der Waals surface area (Å²) >= 11 is 0. The highest BCUT2D eigenvalue weighted by Gasteiger charge is 2.07. The van der Waals surface area contributed by atoms with Crippen LogP contribution in [0.5, 0.6) is 0 Å². The van der Waals surface area contributed by atoms with E-state index in [-0.39, 0.29) is 12.5 Å². The molecule has 2 rings (SSSR count). The van der Waals surface area contributed by atoms with Crippen molar-refractivity contribution in [2.24, 2.45) is 0 Å². The number of hydrogen-bond acceptors (Lipinski definition) is 6. The maximum atomic E-state index is 11.9. The molecule has 0 fully saturated rings. The van der Waals surface area contributed by atoms with Crippen molar-refractivity contribution in [1.29, 1.82) is 0 Å². The van der Waals surface area contributed by atoms with Crippen LogP contribution in [0.1, 0.15) is 21.7 Å². The van der Waals surface area contributed by atoms with Gasteiger partial charge in [0.2, 0.25) is 6.39 Å². The van der Waals surface area contributed by atoms with E-state index in [4.69, 9.17) is 5.11 Å². The van der Waals surface area contributed by atoms with Gasteiger partial charge in [0.05, 0.1) is 12.1 Å². The quantitative estimate of drug-likeness (QED) is 0.761. The summed E-state index contributed by atoms with van der Waals surface area (Å²) in [5, 5.41) is 14.7. The van der Waals surface area contributed by atoms with Crippen LogP contribution in [-0.2, 0) is 11.3 Å². The molecule has 2 aromatic rings. The third kappa shape index (κ3) is 3.73. The van der Waals surface area contributed by atoms with Crippen LogP contribution in [-0.4, -0.2) is 32.1 Å². The third-order valence-electron chi connectivity index (χ3n) is 2.25. The Bertz CT molecular complexity index is 637. The van der Waals surface area contributed by atoms with E-state index in [1.165, 1.54) is 30.9 Å². The monoisotopic (exact) mass is 274 g/mol. The molecule has 1 amide bonds. The molecule has 2 N–H and O–H groups in total. The van der Waals surface area contributed by atoms with Gasteiger partial charge in [-0.2, -0.15) is 4.98 Å². The second kappa shape index (κ2) is 6.23. The number of carboxylic acids is 1. The molecule has 8 heteroatoms. The largest absolute Gasteiger partial charge is 0.478 e. The topological polar surface area (TPSA) is 118 Å². The van der Waals surface area contributed by atoms with Crippen LogP contribution in [0, 0.1) is 0 Å². The molecule has 0 saturated carbocycles. The van der Waals surface area contributed by atoms with Gasteiger partial charge in [-0.1, -0.05) is 5.16 Å². The first kappa shape index (κ1) is 13.4. The van der Waals surface area contributed by atoms with E-state index < -0.39 is 5.97 Å². The van der Waals surface area contributed by atoms with E-state index in [2.05, 4.69) is 25.0 Å². The number of aromatic nitrogens is 3. The van der Waals surface area contributed by atoms with Gasteiger partial charge in [0.1, 0.15) is 0 Å². The molecule has 0 atom stereocenters. The van der Waals surface area contributed by atoms with E-state index in [0.29, 0.717) is 17.0 Å². The Morgan fingerprint density at radius 1 is 1.40 bits per heavy atom. The fourth-order valence-corrected chi connectivity index (χ4v) is 1.37. The van der Waals surface area contributed by atoms with Crippen molar-refractivity contribution in [3.05, 3.63) is 47.9 Å². The number of carboxylic acid groups (broad SMARTS) is 1. The molecule has 8 nitrogen and oxygen atoms in total. The highest BCUT2D eigenvalue weighted by Crippen LogP contribution is 2.05. The molecule has 0 aromatic carbocycles. The van der Waals surface area contributed by atoms with Gasteiger partial charge in [0, 0.05) is 18.5 Å². The first-order chi connectivity index (χ1) is 9.65. The number of aliphatic carboxylic acids is 1. The van der Waals surface area contributed by atoms with Gasteiger partial charge in [-0.25, -0.2) is 4.79 Å². The molecule has 0 saturated heterocycles. The first-order valence-electron chi connectivity index (χ1n) is 5.54. The second-order valence-corrected chi connectivity index (χ2v) is 3.71. The number of pyridine rings is 1. The second-order valence-electron chi connectivity index (χ2n) is 3.71. The molecule has 0 aliphatic carbocycles. The Labute approximate surface area is 113 Å². The molecule has 2 aromatic heterocycles. The van der Waals surface area contributed by atoms with Crippen LogP contribution in [0.2, 0.25) is 0 Å². The minimum Gasteiger partial charge on any atom is -0.478 e. The summed E-state index contributed by atoms with van der Waals surface area (Å²) in [6.07, 6.45) is 6.32. The number of rotatable bonds is 5. The van der Waals surface area contributed by atoms with Gasteiger partial charge < -0.3 is 14.9 Å². The van der Waals surface area contributed by atoms with Gasteiger partial charge in [0.15, 0.2) is 5.82 Å². The zero-order valence-corrected chi connectivity index (χ0v) is 10.2. The lowest BCUT2D eigenvalue weighted by molar-refractivity contribution is -0.131. The number of amides is 1. The van der Waals surface area contributed by atoms with Crippen LogP contribution in [0.4, 0.5) is 0 Å². The molecule has 20 heavy (non-hydrogen) atoms. The summed E-state index contributed by atoms with van der Waals surface area (Å²) in [7, 11) is 0. The minimum atomic E-state index is -1.07. The standard InChI is InChI=1S/C12H10N4O4/c17-11(18)2-1-8-3-9(5-13-4-8)12(19)14-6-10-15-7-20-16-10/h1-5,7H,6H2,(H,14,19)(H,17,18)/b2-1+. The van der Waals surface area contributed by atoms with E-state index in [1.54, 1.807) is 0 Å². The number of hydrogen-bond donors (Lipinski definition) is 2. The molecular formula is C12H10N4O4. The molecule has 0 spiro atoms. The molecule has 102 valence electrons. The predicted octanol–water partition coefficient (Wildman–Crippen LogP) is 0.492. The van der Waals surface area contributed by atoms with E-state index >= 15 is 0 Å². The Morgan fingerprint density at radius 2 is 2.25 bits per heavy atom. The van der Waals surface area contributed by atoms with Gasteiger partial charge in [-0.05, 0) is 17.7 Å². The fourth-order valence-electron chi connectivity index (χ4n) is 1.37.